The van der Waals surface area contributed by atoms with E-state index in [2.05, 4.69) is 5.32 Å². The summed E-state index contributed by atoms with van der Waals surface area (Å²) >= 11 is 5.94. The van der Waals surface area contributed by atoms with E-state index >= 15 is 0 Å². The van der Waals surface area contributed by atoms with Crippen LogP contribution in [0.4, 0.5) is 10.1 Å². The highest BCUT2D eigenvalue weighted by atomic mass is 35.5. The second kappa shape index (κ2) is 6.28. The van der Waals surface area contributed by atoms with Crippen LogP contribution in [0.1, 0.15) is 12.8 Å². The van der Waals surface area contributed by atoms with Gasteiger partial charge in [-0.15, -0.1) is 0 Å². The number of sulfonamides is 1. The maximum atomic E-state index is 13.6. The molecule has 1 atom stereocenters. The van der Waals surface area contributed by atoms with Crippen LogP contribution in [0.15, 0.2) is 18.2 Å². The fraction of sp³-hybridized carbons (Fsp3) is 0.538. The third-order valence-electron chi connectivity index (χ3n) is 3.48. The lowest BCUT2D eigenvalue weighted by Crippen LogP contribution is -2.41. The number of hydrogen-bond acceptors (Lipinski definition) is 3. The third kappa shape index (κ3) is 3.84. The quantitative estimate of drug-likeness (QED) is 0.927. The van der Waals surface area contributed by atoms with Crippen molar-refractivity contribution in [3.8, 4) is 0 Å². The van der Waals surface area contributed by atoms with E-state index in [-0.39, 0.29) is 11.6 Å². The van der Waals surface area contributed by atoms with Crippen LogP contribution in [0.5, 0.6) is 0 Å². The van der Waals surface area contributed by atoms with E-state index in [1.165, 1.54) is 16.6 Å². The smallest absolute Gasteiger partial charge is 0.211 e. The Bertz CT molecular complexity index is 559. The summed E-state index contributed by atoms with van der Waals surface area (Å²) in [5, 5.41) is 3.33. The molecule has 1 saturated heterocycles. The summed E-state index contributed by atoms with van der Waals surface area (Å²) in [7, 11) is -3.15. The number of nitrogens with one attached hydrogen (secondary N) is 1. The molecule has 20 heavy (non-hydrogen) atoms. The van der Waals surface area contributed by atoms with Crippen molar-refractivity contribution in [1.29, 1.82) is 0 Å². The second-order valence-corrected chi connectivity index (χ2v) is 7.50. The molecule has 0 saturated carbocycles. The highest BCUT2D eigenvalue weighted by Gasteiger charge is 2.25. The van der Waals surface area contributed by atoms with Gasteiger partial charge < -0.3 is 5.32 Å². The second-order valence-electron chi connectivity index (χ2n) is 5.11. The van der Waals surface area contributed by atoms with Crippen LogP contribution in [-0.2, 0) is 10.0 Å². The van der Waals surface area contributed by atoms with Crippen LogP contribution in [-0.4, -0.2) is 38.6 Å². The zero-order valence-corrected chi connectivity index (χ0v) is 12.8. The molecule has 1 fully saturated rings. The van der Waals surface area contributed by atoms with Crippen LogP contribution < -0.4 is 5.32 Å². The molecule has 1 aromatic rings. The summed E-state index contributed by atoms with van der Waals surface area (Å²) in [6, 6.07) is 4.52. The molecule has 7 heteroatoms. The summed E-state index contributed by atoms with van der Waals surface area (Å²) in [5.41, 5.74) is 0.283. The average molecular weight is 321 g/mol. The first-order valence-corrected chi connectivity index (χ1v) is 8.73. The van der Waals surface area contributed by atoms with E-state index in [9.17, 15) is 12.8 Å². The zero-order chi connectivity index (χ0) is 14.8. The molecule has 1 aromatic carbocycles. The van der Waals surface area contributed by atoms with Crippen molar-refractivity contribution < 1.29 is 12.8 Å². The summed E-state index contributed by atoms with van der Waals surface area (Å²) in [4.78, 5) is 0. The number of hydrogen-bond donors (Lipinski definition) is 1. The molecule has 1 heterocycles. The number of nitrogens with zero attached hydrogens (tertiary/aromatic N) is 1. The Morgan fingerprint density at radius 2 is 2.25 bits per heavy atom. The molecule has 0 amide bonds. The van der Waals surface area contributed by atoms with Crippen LogP contribution in [0.3, 0.4) is 0 Å². The average Bonchev–Trinajstić information content (AvgIpc) is 2.37. The summed E-state index contributed by atoms with van der Waals surface area (Å²) < 4.78 is 38.2. The van der Waals surface area contributed by atoms with Gasteiger partial charge in [0.1, 0.15) is 5.82 Å². The lowest BCUT2D eigenvalue weighted by Gasteiger charge is -2.31. The first kappa shape index (κ1) is 15.5. The highest BCUT2D eigenvalue weighted by Crippen LogP contribution is 2.26. The molecule has 112 valence electrons. The van der Waals surface area contributed by atoms with E-state index < -0.39 is 15.8 Å². The molecule has 0 radical (unpaired) electrons. The minimum atomic E-state index is -3.15. The first-order valence-electron chi connectivity index (χ1n) is 6.51. The van der Waals surface area contributed by atoms with Gasteiger partial charge in [-0.05, 0) is 30.9 Å². The van der Waals surface area contributed by atoms with Crippen molar-refractivity contribution in [2.24, 2.45) is 5.92 Å². The fourth-order valence-corrected chi connectivity index (χ4v) is 3.58. The standard InChI is InChI=1S/C13H18ClFN2O2S/c1-20(18,19)17-7-3-4-10(9-17)8-16-13-11(14)5-2-6-12(13)15/h2,5-6,10,16H,3-4,7-9H2,1H3. The molecule has 1 unspecified atom stereocenters. The van der Waals surface area contributed by atoms with Crippen molar-refractivity contribution in [2.75, 3.05) is 31.2 Å². The van der Waals surface area contributed by atoms with Gasteiger partial charge in [0.25, 0.3) is 0 Å². The molecule has 1 aliphatic heterocycles. The van der Waals surface area contributed by atoms with Gasteiger partial charge in [-0.1, -0.05) is 17.7 Å². The van der Waals surface area contributed by atoms with Crippen LogP contribution in [0.25, 0.3) is 0 Å². The van der Waals surface area contributed by atoms with Crippen LogP contribution in [0.2, 0.25) is 5.02 Å². The Morgan fingerprint density at radius 1 is 1.50 bits per heavy atom. The maximum absolute atomic E-state index is 13.6. The first-order chi connectivity index (χ1) is 9.38. The Morgan fingerprint density at radius 3 is 2.90 bits per heavy atom. The predicted molar refractivity (Wildman–Crippen MR) is 79.0 cm³/mol. The van der Waals surface area contributed by atoms with Gasteiger partial charge in [0.15, 0.2) is 0 Å². The number of halogens is 2. The topological polar surface area (TPSA) is 49.4 Å². The largest absolute Gasteiger partial charge is 0.381 e. The Hall–Kier alpha value is -0.850. The van der Waals surface area contributed by atoms with Gasteiger partial charge in [-0.3, -0.25) is 0 Å². The molecule has 1 aliphatic rings. The van der Waals surface area contributed by atoms with Gasteiger partial charge in [0, 0.05) is 19.6 Å². The van der Waals surface area contributed by atoms with Crippen LogP contribution >= 0.6 is 11.6 Å². The minimum Gasteiger partial charge on any atom is -0.381 e. The number of piperidine rings is 1. The molecule has 0 spiro atoms. The van der Waals surface area contributed by atoms with E-state index in [1.54, 1.807) is 12.1 Å². The van der Waals surface area contributed by atoms with E-state index in [0.717, 1.165) is 12.8 Å². The van der Waals surface area contributed by atoms with Crippen molar-refractivity contribution in [2.45, 2.75) is 12.8 Å². The number of rotatable bonds is 4. The molecular formula is C13H18ClFN2O2S. The SMILES string of the molecule is CS(=O)(=O)N1CCCC(CNc2c(F)cccc2Cl)C1. The van der Waals surface area contributed by atoms with Gasteiger partial charge in [0.05, 0.1) is 17.0 Å². The number of anilines is 1. The maximum Gasteiger partial charge on any atom is 0.211 e. The summed E-state index contributed by atoms with van der Waals surface area (Å²) in [5.74, 6) is -0.234. The molecule has 0 bridgehead atoms. The molecular weight excluding hydrogens is 303 g/mol. The molecule has 0 aromatic heterocycles. The number of para-hydroxylation sites is 1. The zero-order valence-electron chi connectivity index (χ0n) is 11.3. The van der Waals surface area contributed by atoms with Crippen molar-refractivity contribution in [1.82, 2.24) is 4.31 Å². The predicted octanol–water partition coefficient (Wildman–Crippen LogP) is 2.56. The van der Waals surface area contributed by atoms with E-state index in [4.69, 9.17) is 11.6 Å². The summed E-state index contributed by atoms with van der Waals surface area (Å²) in [6.07, 6.45) is 2.96. The fourth-order valence-electron chi connectivity index (χ4n) is 2.41. The van der Waals surface area contributed by atoms with E-state index in [1.807, 2.05) is 0 Å². The molecule has 2 rings (SSSR count). The Labute approximate surface area is 124 Å². The van der Waals surface area contributed by atoms with Crippen LogP contribution in [0, 0.1) is 11.7 Å². The van der Waals surface area contributed by atoms with Crippen molar-refractivity contribution >= 4 is 27.3 Å². The van der Waals surface area contributed by atoms with Gasteiger partial charge in [0.2, 0.25) is 10.0 Å². The van der Waals surface area contributed by atoms with Crippen molar-refractivity contribution in [3.05, 3.63) is 29.0 Å². The lowest BCUT2D eigenvalue weighted by atomic mass is 9.99. The van der Waals surface area contributed by atoms with Crippen molar-refractivity contribution in [3.63, 3.8) is 0 Å². The third-order valence-corrected chi connectivity index (χ3v) is 5.07. The Kier molecular flexibility index (Phi) is 4.88. The number of benzene rings is 1. The van der Waals surface area contributed by atoms with E-state index in [0.29, 0.717) is 24.7 Å². The normalized spacial score (nSPS) is 20.9. The van der Waals surface area contributed by atoms with Gasteiger partial charge >= 0.3 is 0 Å². The monoisotopic (exact) mass is 320 g/mol. The molecule has 1 N–H and O–H groups in total. The van der Waals surface area contributed by atoms with Gasteiger partial charge in [-0.25, -0.2) is 17.1 Å². The minimum absolute atomic E-state index is 0.161. The highest BCUT2D eigenvalue weighted by molar-refractivity contribution is 7.88. The van der Waals surface area contributed by atoms with Gasteiger partial charge in [-0.2, -0.15) is 0 Å². The lowest BCUT2D eigenvalue weighted by molar-refractivity contribution is 0.276. The summed E-state index contributed by atoms with van der Waals surface area (Å²) in [6.45, 7) is 1.54. The Balaban J connectivity index is 1.97. The molecule has 0 aliphatic carbocycles. The molecule has 4 nitrogen and oxygen atoms in total.